The Morgan fingerprint density at radius 1 is 0.636 bits per heavy atom. The highest BCUT2D eigenvalue weighted by molar-refractivity contribution is 5.57. The number of ether oxygens (including phenoxy) is 3. The molecule has 3 rings (SSSR count). The number of aldehydes is 1. The third-order valence-electron chi connectivity index (χ3n) is 5.07. The minimum Gasteiger partial charge on any atom is -0.367 e. The highest BCUT2D eigenvalue weighted by Crippen LogP contribution is 2.19. The standard InChI is InChI=1S/C29H30O4/c1-2-3-19-27(31-21-24-13-7-4-8-14-24)29(33-23-26-17-11-6-12-18-26)28(20-30)32-22-25-15-9-5-10-16-25/h2-20,27-29H,1,21-23H2/t27-,28-,29-/m0/s1. The van der Waals surface area contributed by atoms with Crippen LogP contribution in [0.5, 0.6) is 0 Å². The van der Waals surface area contributed by atoms with Crippen molar-refractivity contribution in [3.05, 3.63) is 132 Å². The molecule has 0 saturated heterocycles. The number of benzene rings is 3. The molecule has 0 aliphatic heterocycles. The van der Waals surface area contributed by atoms with Crippen LogP contribution < -0.4 is 0 Å². The Bertz CT molecular complexity index is 970. The predicted octanol–water partition coefficient (Wildman–Crippen LogP) is 5.68. The summed E-state index contributed by atoms with van der Waals surface area (Å²) in [6, 6.07) is 29.5. The van der Waals surface area contributed by atoms with Gasteiger partial charge in [-0.3, -0.25) is 0 Å². The molecule has 4 nitrogen and oxygen atoms in total. The van der Waals surface area contributed by atoms with Gasteiger partial charge in [-0.25, -0.2) is 0 Å². The van der Waals surface area contributed by atoms with Crippen LogP contribution in [-0.2, 0) is 38.8 Å². The Morgan fingerprint density at radius 2 is 1.06 bits per heavy atom. The summed E-state index contributed by atoms with van der Waals surface area (Å²) in [5.41, 5.74) is 3.02. The van der Waals surface area contributed by atoms with Crippen molar-refractivity contribution in [2.45, 2.75) is 38.1 Å². The molecule has 4 heteroatoms. The maximum absolute atomic E-state index is 12.1. The van der Waals surface area contributed by atoms with E-state index in [2.05, 4.69) is 6.58 Å². The molecule has 0 aliphatic carbocycles. The molecular weight excluding hydrogens is 412 g/mol. The van der Waals surface area contributed by atoms with Gasteiger partial charge in [-0.1, -0.05) is 116 Å². The van der Waals surface area contributed by atoms with Gasteiger partial charge in [0.25, 0.3) is 0 Å². The fraction of sp³-hybridized carbons (Fsp3) is 0.207. The van der Waals surface area contributed by atoms with Crippen molar-refractivity contribution >= 4 is 6.29 Å². The molecule has 0 heterocycles. The zero-order valence-corrected chi connectivity index (χ0v) is 18.7. The van der Waals surface area contributed by atoms with Gasteiger partial charge < -0.3 is 19.0 Å². The molecule has 3 atom stereocenters. The molecule has 0 saturated carbocycles. The Hall–Kier alpha value is -3.31. The van der Waals surface area contributed by atoms with Gasteiger partial charge >= 0.3 is 0 Å². The second-order valence-electron chi connectivity index (χ2n) is 7.54. The summed E-state index contributed by atoms with van der Waals surface area (Å²) in [6.07, 6.45) is 4.14. The van der Waals surface area contributed by atoms with Crippen LogP contribution in [0.1, 0.15) is 16.7 Å². The minimum atomic E-state index is -0.816. The average Bonchev–Trinajstić information content (AvgIpc) is 2.88. The fourth-order valence-electron chi connectivity index (χ4n) is 3.34. The molecule has 3 aromatic carbocycles. The molecule has 0 radical (unpaired) electrons. The smallest absolute Gasteiger partial charge is 0.151 e. The number of hydrogen-bond acceptors (Lipinski definition) is 4. The molecule has 170 valence electrons. The molecule has 0 unspecified atom stereocenters. The van der Waals surface area contributed by atoms with E-state index in [0.717, 1.165) is 23.0 Å². The Morgan fingerprint density at radius 3 is 1.48 bits per heavy atom. The average molecular weight is 443 g/mol. The number of carbonyl (C=O) groups is 1. The lowest BCUT2D eigenvalue weighted by molar-refractivity contribution is -0.151. The zero-order valence-electron chi connectivity index (χ0n) is 18.7. The monoisotopic (exact) mass is 442 g/mol. The number of rotatable bonds is 14. The summed E-state index contributed by atoms with van der Waals surface area (Å²) in [7, 11) is 0. The van der Waals surface area contributed by atoms with E-state index in [9.17, 15) is 4.79 Å². The quantitative estimate of drug-likeness (QED) is 0.238. The number of carbonyl (C=O) groups excluding carboxylic acids is 1. The van der Waals surface area contributed by atoms with Crippen LogP contribution in [0.25, 0.3) is 0 Å². The van der Waals surface area contributed by atoms with E-state index in [0.29, 0.717) is 19.8 Å². The van der Waals surface area contributed by atoms with Gasteiger partial charge in [0.15, 0.2) is 6.29 Å². The van der Waals surface area contributed by atoms with E-state index in [4.69, 9.17) is 14.2 Å². The first-order chi connectivity index (χ1) is 16.3. The molecule has 0 fully saturated rings. The summed E-state index contributed by atoms with van der Waals surface area (Å²) >= 11 is 0. The molecule has 0 aromatic heterocycles. The molecule has 0 spiro atoms. The molecule has 0 N–H and O–H groups in total. The summed E-state index contributed by atoms with van der Waals surface area (Å²) in [4.78, 5) is 12.1. The van der Waals surface area contributed by atoms with Crippen molar-refractivity contribution in [1.82, 2.24) is 0 Å². The van der Waals surface area contributed by atoms with Gasteiger partial charge in [-0.05, 0) is 16.7 Å². The normalized spacial score (nSPS) is 13.9. The number of hydrogen-bond donors (Lipinski definition) is 0. The molecule has 0 bridgehead atoms. The number of allylic oxidation sites excluding steroid dienone is 2. The van der Waals surface area contributed by atoms with Crippen molar-refractivity contribution in [3.8, 4) is 0 Å². The topological polar surface area (TPSA) is 44.8 Å². The first-order valence-corrected chi connectivity index (χ1v) is 11.0. The van der Waals surface area contributed by atoms with E-state index in [1.54, 1.807) is 12.2 Å². The third kappa shape index (κ3) is 8.28. The van der Waals surface area contributed by atoms with Gasteiger partial charge in [0, 0.05) is 0 Å². The fourth-order valence-corrected chi connectivity index (χ4v) is 3.34. The van der Waals surface area contributed by atoms with E-state index in [-0.39, 0.29) is 0 Å². The van der Waals surface area contributed by atoms with Gasteiger partial charge in [-0.2, -0.15) is 0 Å². The second-order valence-corrected chi connectivity index (χ2v) is 7.54. The lowest BCUT2D eigenvalue weighted by Gasteiger charge is -2.29. The van der Waals surface area contributed by atoms with Crippen molar-refractivity contribution < 1.29 is 19.0 Å². The predicted molar refractivity (Wildman–Crippen MR) is 130 cm³/mol. The minimum absolute atomic E-state index is 0.298. The maximum atomic E-state index is 12.1. The largest absolute Gasteiger partial charge is 0.367 e. The van der Waals surface area contributed by atoms with Crippen LogP contribution in [0.4, 0.5) is 0 Å². The lowest BCUT2D eigenvalue weighted by Crippen LogP contribution is -2.42. The van der Waals surface area contributed by atoms with Crippen LogP contribution >= 0.6 is 0 Å². The van der Waals surface area contributed by atoms with E-state index in [1.807, 2.05) is 97.1 Å². The summed E-state index contributed by atoms with van der Waals surface area (Å²) in [6.45, 7) is 4.77. The van der Waals surface area contributed by atoms with Gasteiger partial charge in [0.1, 0.15) is 18.3 Å². The Labute approximate surface area is 196 Å². The van der Waals surface area contributed by atoms with Gasteiger partial charge in [0.05, 0.1) is 19.8 Å². The lowest BCUT2D eigenvalue weighted by atomic mass is 10.1. The van der Waals surface area contributed by atoms with Crippen LogP contribution in [-0.4, -0.2) is 24.6 Å². The Balaban J connectivity index is 1.79. The molecule has 3 aromatic rings. The van der Waals surface area contributed by atoms with Gasteiger partial charge in [-0.15, -0.1) is 0 Å². The Kier molecular flexibility index (Phi) is 10.3. The van der Waals surface area contributed by atoms with Crippen LogP contribution in [0.15, 0.2) is 116 Å². The first-order valence-electron chi connectivity index (χ1n) is 11.0. The molecular formula is C29H30O4. The third-order valence-corrected chi connectivity index (χ3v) is 5.07. The van der Waals surface area contributed by atoms with E-state index in [1.165, 1.54) is 0 Å². The van der Waals surface area contributed by atoms with Crippen molar-refractivity contribution in [3.63, 3.8) is 0 Å². The van der Waals surface area contributed by atoms with Crippen LogP contribution in [0.3, 0.4) is 0 Å². The van der Waals surface area contributed by atoms with Crippen molar-refractivity contribution in [1.29, 1.82) is 0 Å². The SMILES string of the molecule is C=CC=C[C@H](OCc1ccccc1)[C@H](OCc1ccccc1)[C@H](C=O)OCc1ccccc1. The summed E-state index contributed by atoms with van der Waals surface area (Å²) in [5.74, 6) is 0. The summed E-state index contributed by atoms with van der Waals surface area (Å²) in [5, 5.41) is 0. The molecule has 33 heavy (non-hydrogen) atoms. The van der Waals surface area contributed by atoms with Crippen molar-refractivity contribution in [2.75, 3.05) is 0 Å². The maximum Gasteiger partial charge on any atom is 0.151 e. The molecule has 0 amide bonds. The first kappa shape index (κ1) is 24.3. The summed E-state index contributed by atoms with van der Waals surface area (Å²) < 4.78 is 18.5. The van der Waals surface area contributed by atoms with Crippen LogP contribution in [0.2, 0.25) is 0 Å². The second kappa shape index (κ2) is 14.0. The highest BCUT2D eigenvalue weighted by atomic mass is 16.6. The van der Waals surface area contributed by atoms with Crippen LogP contribution in [0, 0.1) is 0 Å². The van der Waals surface area contributed by atoms with Gasteiger partial charge in [0.2, 0.25) is 0 Å². The van der Waals surface area contributed by atoms with E-state index >= 15 is 0 Å². The van der Waals surface area contributed by atoms with E-state index < -0.39 is 18.3 Å². The zero-order chi connectivity index (χ0) is 23.1. The highest BCUT2D eigenvalue weighted by Gasteiger charge is 2.31. The molecule has 0 aliphatic rings. The van der Waals surface area contributed by atoms with Crippen molar-refractivity contribution in [2.24, 2.45) is 0 Å².